The Balaban J connectivity index is 2.93. The van der Waals surface area contributed by atoms with Gasteiger partial charge in [0, 0.05) is 13.1 Å². The third-order valence-corrected chi connectivity index (χ3v) is 2.86. The molecule has 6 nitrogen and oxygen atoms in total. The maximum absolute atomic E-state index is 10.5. The molecule has 0 saturated carbocycles. The van der Waals surface area contributed by atoms with E-state index in [0.717, 1.165) is 5.56 Å². The molecule has 0 bridgehead atoms. The lowest BCUT2D eigenvalue weighted by atomic mass is 10.1. The molecule has 0 atom stereocenters. The Morgan fingerprint density at radius 1 is 1.11 bits per heavy atom. The number of nitroso groups, excluding NO2 is 1. The Kier molecular flexibility index (Phi) is 5.92. The van der Waals surface area contributed by atoms with E-state index in [1.165, 1.54) is 5.01 Å². The van der Waals surface area contributed by atoms with Gasteiger partial charge in [-0.2, -0.15) is 0 Å². The van der Waals surface area contributed by atoms with Gasteiger partial charge in [0.2, 0.25) is 5.75 Å². The molecule has 0 aliphatic rings. The van der Waals surface area contributed by atoms with Crippen molar-refractivity contribution in [1.82, 2.24) is 5.01 Å². The SMILES string of the molecule is CCN(CCc1cc(OC)c(OC)c(OC)c1)N=O. The largest absolute Gasteiger partial charge is 0.493 e. The van der Waals surface area contributed by atoms with Gasteiger partial charge in [0.25, 0.3) is 0 Å². The van der Waals surface area contributed by atoms with Gasteiger partial charge in [0.15, 0.2) is 11.5 Å². The predicted octanol–water partition coefficient (Wildman–Crippen LogP) is 2.26. The first-order chi connectivity index (χ1) is 9.19. The zero-order valence-corrected chi connectivity index (χ0v) is 11.8. The zero-order chi connectivity index (χ0) is 14.3. The van der Waals surface area contributed by atoms with Crippen LogP contribution in [0.1, 0.15) is 12.5 Å². The highest BCUT2D eigenvalue weighted by atomic mass is 16.5. The molecule has 0 radical (unpaired) electrons. The van der Waals surface area contributed by atoms with E-state index in [2.05, 4.69) is 5.29 Å². The highest BCUT2D eigenvalue weighted by Crippen LogP contribution is 2.38. The summed E-state index contributed by atoms with van der Waals surface area (Å²) < 4.78 is 15.8. The van der Waals surface area contributed by atoms with Crippen LogP contribution in [0.5, 0.6) is 17.2 Å². The number of hydrogen-bond acceptors (Lipinski definition) is 5. The first-order valence-corrected chi connectivity index (χ1v) is 6.07. The molecule has 0 amide bonds. The number of ether oxygens (including phenoxy) is 3. The molecule has 1 aromatic carbocycles. The summed E-state index contributed by atoms with van der Waals surface area (Å²) in [5.41, 5.74) is 0.997. The van der Waals surface area contributed by atoms with Crippen LogP contribution in [0.4, 0.5) is 0 Å². The molecule has 1 aromatic rings. The monoisotopic (exact) mass is 268 g/mol. The van der Waals surface area contributed by atoms with Gasteiger partial charge in [-0.05, 0) is 31.0 Å². The van der Waals surface area contributed by atoms with Gasteiger partial charge >= 0.3 is 0 Å². The van der Waals surface area contributed by atoms with Crippen molar-refractivity contribution in [2.24, 2.45) is 5.29 Å². The minimum atomic E-state index is 0.554. The van der Waals surface area contributed by atoms with E-state index < -0.39 is 0 Å². The minimum absolute atomic E-state index is 0.554. The number of hydrogen-bond donors (Lipinski definition) is 0. The first kappa shape index (κ1) is 15.1. The third-order valence-electron chi connectivity index (χ3n) is 2.86. The summed E-state index contributed by atoms with van der Waals surface area (Å²) in [5, 5.41) is 4.40. The van der Waals surface area contributed by atoms with Gasteiger partial charge < -0.3 is 14.2 Å². The van der Waals surface area contributed by atoms with Gasteiger partial charge in [-0.1, -0.05) is 0 Å². The van der Waals surface area contributed by atoms with Crippen LogP contribution in [0.15, 0.2) is 17.4 Å². The van der Waals surface area contributed by atoms with E-state index in [9.17, 15) is 4.91 Å². The van der Waals surface area contributed by atoms with Crippen LogP contribution >= 0.6 is 0 Å². The van der Waals surface area contributed by atoms with Crippen LogP contribution in [0.2, 0.25) is 0 Å². The Bertz CT molecular complexity index is 398. The Morgan fingerprint density at radius 3 is 2.05 bits per heavy atom. The standard InChI is InChI=1S/C13H20N2O4/c1-5-15(14-16)7-6-10-8-11(17-2)13(19-4)12(9-10)18-3/h8-9H,5-7H2,1-4H3. The molecule has 0 aliphatic carbocycles. The fourth-order valence-corrected chi connectivity index (χ4v) is 1.79. The van der Waals surface area contributed by atoms with E-state index in [4.69, 9.17) is 14.2 Å². The fourth-order valence-electron chi connectivity index (χ4n) is 1.79. The first-order valence-electron chi connectivity index (χ1n) is 6.07. The van der Waals surface area contributed by atoms with Crippen molar-refractivity contribution in [3.05, 3.63) is 22.6 Å². The number of methoxy groups -OCH3 is 3. The van der Waals surface area contributed by atoms with Gasteiger partial charge in [-0.3, -0.25) is 5.01 Å². The lowest BCUT2D eigenvalue weighted by molar-refractivity contribution is 0.301. The van der Waals surface area contributed by atoms with Crippen molar-refractivity contribution in [2.45, 2.75) is 13.3 Å². The van der Waals surface area contributed by atoms with Crippen LogP contribution < -0.4 is 14.2 Å². The molecule has 0 unspecified atom stereocenters. The minimum Gasteiger partial charge on any atom is -0.493 e. The quantitative estimate of drug-likeness (QED) is 0.534. The summed E-state index contributed by atoms with van der Waals surface area (Å²) >= 11 is 0. The molecular weight excluding hydrogens is 248 g/mol. The molecule has 106 valence electrons. The molecule has 0 aliphatic heterocycles. The Labute approximate surface area is 113 Å². The zero-order valence-electron chi connectivity index (χ0n) is 11.8. The average molecular weight is 268 g/mol. The Hall–Kier alpha value is -1.98. The lowest BCUT2D eigenvalue weighted by Gasteiger charge is -2.16. The molecule has 0 N–H and O–H groups in total. The molecule has 0 heterocycles. The van der Waals surface area contributed by atoms with Gasteiger partial charge in [0.1, 0.15) is 0 Å². The molecule has 0 aromatic heterocycles. The summed E-state index contributed by atoms with van der Waals surface area (Å²) in [6, 6.07) is 3.75. The van der Waals surface area contributed by atoms with Crippen LogP contribution in [0.3, 0.4) is 0 Å². The van der Waals surface area contributed by atoms with E-state index in [1.807, 2.05) is 19.1 Å². The van der Waals surface area contributed by atoms with Gasteiger partial charge in [-0.25, -0.2) is 0 Å². The third kappa shape index (κ3) is 3.74. The van der Waals surface area contributed by atoms with E-state index in [0.29, 0.717) is 36.8 Å². The second kappa shape index (κ2) is 7.45. The van der Waals surface area contributed by atoms with Gasteiger partial charge in [-0.15, -0.1) is 4.91 Å². The number of benzene rings is 1. The number of likely N-dealkylation sites (N-methyl/N-ethyl adjacent to an activating group) is 1. The van der Waals surface area contributed by atoms with Crippen molar-refractivity contribution in [3.8, 4) is 17.2 Å². The summed E-state index contributed by atoms with van der Waals surface area (Å²) in [7, 11) is 4.72. The average Bonchev–Trinajstić information content (AvgIpc) is 2.46. The number of rotatable bonds is 8. The van der Waals surface area contributed by atoms with E-state index in [1.54, 1.807) is 21.3 Å². The molecule has 0 spiro atoms. The second-order valence-electron chi connectivity index (χ2n) is 3.91. The van der Waals surface area contributed by atoms with E-state index in [-0.39, 0.29) is 0 Å². The predicted molar refractivity (Wildman–Crippen MR) is 72.8 cm³/mol. The van der Waals surface area contributed by atoms with Crippen LogP contribution in [0.25, 0.3) is 0 Å². The van der Waals surface area contributed by atoms with Crippen molar-refractivity contribution in [3.63, 3.8) is 0 Å². The molecule has 1 rings (SSSR count). The maximum Gasteiger partial charge on any atom is 0.203 e. The maximum atomic E-state index is 10.5. The normalized spacial score (nSPS) is 9.89. The summed E-state index contributed by atoms with van der Waals surface area (Å²) in [4.78, 5) is 10.5. The van der Waals surface area contributed by atoms with Crippen molar-refractivity contribution in [1.29, 1.82) is 0 Å². The fraction of sp³-hybridized carbons (Fsp3) is 0.538. The van der Waals surface area contributed by atoms with E-state index >= 15 is 0 Å². The molecular formula is C13H20N2O4. The van der Waals surface area contributed by atoms with Crippen LogP contribution in [-0.2, 0) is 6.42 Å². The molecule has 0 saturated heterocycles. The second-order valence-corrected chi connectivity index (χ2v) is 3.91. The smallest absolute Gasteiger partial charge is 0.203 e. The summed E-state index contributed by atoms with van der Waals surface area (Å²) in [5.74, 6) is 1.78. The summed E-state index contributed by atoms with van der Waals surface area (Å²) in [6.07, 6.45) is 0.677. The Morgan fingerprint density at radius 2 is 1.68 bits per heavy atom. The molecule has 0 fully saturated rings. The van der Waals surface area contributed by atoms with Crippen LogP contribution in [-0.4, -0.2) is 39.4 Å². The molecule has 6 heteroatoms. The molecule has 19 heavy (non-hydrogen) atoms. The van der Waals surface area contributed by atoms with Crippen molar-refractivity contribution in [2.75, 3.05) is 34.4 Å². The number of nitrogens with zero attached hydrogens (tertiary/aromatic N) is 2. The highest BCUT2D eigenvalue weighted by molar-refractivity contribution is 5.53. The van der Waals surface area contributed by atoms with Crippen molar-refractivity contribution >= 4 is 0 Å². The lowest BCUT2D eigenvalue weighted by Crippen LogP contribution is -2.19. The van der Waals surface area contributed by atoms with Gasteiger partial charge in [0.05, 0.1) is 26.6 Å². The summed E-state index contributed by atoms with van der Waals surface area (Å²) in [6.45, 7) is 3.03. The highest BCUT2D eigenvalue weighted by Gasteiger charge is 2.13. The topological polar surface area (TPSA) is 60.4 Å². The van der Waals surface area contributed by atoms with Crippen LogP contribution in [0, 0.1) is 4.91 Å². The van der Waals surface area contributed by atoms with Crippen molar-refractivity contribution < 1.29 is 14.2 Å².